The third kappa shape index (κ3) is 3.79. The number of ether oxygens (including phenoxy) is 4. The summed E-state index contributed by atoms with van der Waals surface area (Å²) in [6.07, 6.45) is -1.77. The highest BCUT2D eigenvalue weighted by Crippen LogP contribution is 2.48. The number of benzene rings is 3. The first kappa shape index (κ1) is 20.0. The standard InChI is InChI=1S/C20H16Cl2O6/c1-3-25-19(23)27-17-11-7-5-6-8-12(11)18(28-20(24)26-4-2)16-14(22)10-9-13(21)15(16)17/h5-10H,3-4H2,1-2H3. The zero-order valence-electron chi connectivity index (χ0n) is 15.1. The second-order valence-electron chi connectivity index (χ2n) is 5.55. The van der Waals surface area contributed by atoms with Crippen molar-refractivity contribution in [1.29, 1.82) is 0 Å². The molecule has 0 spiro atoms. The number of hydrogen-bond donors (Lipinski definition) is 0. The van der Waals surface area contributed by atoms with E-state index in [4.69, 9.17) is 42.1 Å². The SMILES string of the molecule is CCOC(=O)Oc1c2ccccc2c(OC(=O)OCC)c2c(Cl)ccc(Cl)c12. The van der Waals surface area contributed by atoms with Crippen LogP contribution >= 0.6 is 23.2 Å². The molecule has 28 heavy (non-hydrogen) atoms. The van der Waals surface area contributed by atoms with Crippen molar-refractivity contribution in [1.82, 2.24) is 0 Å². The van der Waals surface area contributed by atoms with E-state index in [9.17, 15) is 9.59 Å². The van der Waals surface area contributed by atoms with Gasteiger partial charge < -0.3 is 18.9 Å². The number of fused-ring (bicyclic) bond motifs is 2. The van der Waals surface area contributed by atoms with Crippen LogP contribution in [0.3, 0.4) is 0 Å². The minimum Gasteiger partial charge on any atom is -0.434 e. The van der Waals surface area contributed by atoms with Crippen LogP contribution in [-0.2, 0) is 9.47 Å². The van der Waals surface area contributed by atoms with Crippen LogP contribution in [0.5, 0.6) is 11.5 Å². The summed E-state index contributed by atoms with van der Waals surface area (Å²) in [5.41, 5.74) is 0. The molecule has 0 aliphatic rings. The summed E-state index contributed by atoms with van der Waals surface area (Å²) in [6.45, 7) is 3.62. The van der Waals surface area contributed by atoms with E-state index in [1.165, 1.54) is 0 Å². The number of hydrogen-bond acceptors (Lipinski definition) is 6. The van der Waals surface area contributed by atoms with Crippen molar-refractivity contribution in [2.24, 2.45) is 0 Å². The van der Waals surface area contributed by atoms with Gasteiger partial charge in [-0.1, -0.05) is 47.5 Å². The minimum absolute atomic E-state index is 0.146. The lowest BCUT2D eigenvalue weighted by atomic mass is 10.0. The topological polar surface area (TPSA) is 71.1 Å². The summed E-state index contributed by atoms with van der Waals surface area (Å²) in [4.78, 5) is 24.0. The van der Waals surface area contributed by atoms with Crippen LogP contribution in [0, 0.1) is 0 Å². The molecule has 146 valence electrons. The maximum Gasteiger partial charge on any atom is 0.513 e. The van der Waals surface area contributed by atoms with Crippen LogP contribution in [0.2, 0.25) is 10.0 Å². The summed E-state index contributed by atoms with van der Waals surface area (Å²) < 4.78 is 20.7. The fourth-order valence-corrected chi connectivity index (χ4v) is 3.30. The van der Waals surface area contributed by atoms with Crippen LogP contribution in [0.25, 0.3) is 21.5 Å². The quantitative estimate of drug-likeness (QED) is 0.276. The summed E-state index contributed by atoms with van der Waals surface area (Å²) in [6, 6.07) is 10.0. The van der Waals surface area contributed by atoms with E-state index in [1.54, 1.807) is 50.2 Å². The Morgan fingerprint density at radius 1 is 0.750 bits per heavy atom. The molecule has 6 nitrogen and oxygen atoms in total. The van der Waals surface area contributed by atoms with Gasteiger partial charge in [0.05, 0.1) is 23.3 Å². The van der Waals surface area contributed by atoms with Crippen molar-refractivity contribution in [3.05, 3.63) is 46.4 Å². The maximum absolute atomic E-state index is 12.0. The molecule has 0 heterocycles. The van der Waals surface area contributed by atoms with Gasteiger partial charge in [0, 0.05) is 21.5 Å². The average molecular weight is 423 g/mol. The smallest absolute Gasteiger partial charge is 0.434 e. The molecule has 0 amide bonds. The Bertz CT molecular complexity index is 980. The summed E-state index contributed by atoms with van der Waals surface area (Å²) >= 11 is 12.8. The van der Waals surface area contributed by atoms with Crippen molar-refractivity contribution < 1.29 is 28.5 Å². The molecule has 3 aromatic rings. The summed E-state index contributed by atoms with van der Waals surface area (Å²) in [7, 11) is 0. The molecule has 0 unspecified atom stereocenters. The molecule has 0 aliphatic heterocycles. The second kappa shape index (κ2) is 8.54. The van der Waals surface area contributed by atoms with E-state index < -0.39 is 12.3 Å². The second-order valence-corrected chi connectivity index (χ2v) is 6.37. The molecule has 3 aromatic carbocycles. The molecule has 3 rings (SSSR count). The highest BCUT2D eigenvalue weighted by atomic mass is 35.5. The van der Waals surface area contributed by atoms with Gasteiger partial charge in [-0.25, -0.2) is 9.59 Å². The van der Waals surface area contributed by atoms with Gasteiger partial charge in [0.15, 0.2) is 11.5 Å². The molecule has 0 fully saturated rings. The molecular formula is C20H16Cl2O6. The number of halogens is 2. The summed E-state index contributed by atoms with van der Waals surface area (Å²) in [5, 5.41) is 2.15. The Morgan fingerprint density at radius 3 is 1.50 bits per heavy atom. The Balaban J connectivity index is 2.38. The number of carbonyl (C=O) groups excluding carboxylic acids is 2. The van der Waals surface area contributed by atoms with Crippen LogP contribution < -0.4 is 9.47 Å². The zero-order valence-corrected chi connectivity index (χ0v) is 16.6. The van der Waals surface area contributed by atoms with E-state index in [2.05, 4.69) is 0 Å². The first-order valence-electron chi connectivity index (χ1n) is 8.49. The van der Waals surface area contributed by atoms with Crippen molar-refractivity contribution in [3.63, 3.8) is 0 Å². The Kier molecular flexibility index (Phi) is 6.11. The predicted octanol–water partition coefficient (Wildman–Crippen LogP) is 6.37. The molecular weight excluding hydrogens is 407 g/mol. The van der Waals surface area contributed by atoms with Gasteiger partial charge in [-0.3, -0.25) is 0 Å². The third-order valence-electron chi connectivity index (χ3n) is 3.87. The normalized spacial score (nSPS) is 10.7. The van der Waals surface area contributed by atoms with Crippen LogP contribution in [0.4, 0.5) is 9.59 Å². The van der Waals surface area contributed by atoms with Crippen LogP contribution in [-0.4, -0.2) is 25.5 Å². The zero-order chi connectivity index (χ0) is 20.3. The molecule has 0 aromatic heterocycles. The van der Waals surface area contributed by atoms with E-state index in [1.807, 2.05) is 0 Å². The fourth-order valence-electron chi connectivity index (χ4n) is 2.82. The predicted molar refractivity (Wildman–Crippen MR) is 107 cm³/mol. The summed E-state index contributed by atoms with van der Waals surface area (Å²) in [5.74, 6) is 0.320. The number of carbonyl (C=O) groups is 2. The van der Waals surface area contributed by atoms with Gasteiger partial charge >= 0.3 is 12.3 Å². The van der Waals surface area contributed by atoms with Gasteiger partial charge in [-0.05, 0) is 26.0 Å². The molecule has 0 N–H and O–H groups in total. The Hall–Kier alpha value is -2.70. The van der Waals surface area contributed by atoms with Crippen molar-refractivity contribution in [3.8, 4) is 11.5 Å². The van der Waals surface area contributed by atoms with Gasteiger partial charge in [0.25, 0.3) is 0 Å². The van der Waals surface area contributed by atoms with Crippen LogP contribution in [0.1, 0.15) is 13.8 Å². The molecule has 0 saturated carbocycles. The highest BCUT2D eigenvalue weighted by Gasteiger charge is 2.24. The first-order valence-corrected chi connectivity index (χ1v) is 9.25. The Morgan fingerprint density at radius 2 is 1.14 bits per heavy atom. The molecule has 0 atom stereocenters. The van der Waals surface area contributed by atoms with Crippen molar-refractivity contribution >= 4 is 57.1 Å². The molecule has 0 radical (unpaired) electrons. The monoisotopic (exact) mass is 422 g/mol. The van der Waals surface area contributed by atoms with E-state index in [0.29, 0.717) is 21.5 Å². The van der Waals surface area contributed by atoms with E-state index in [-0.39, 0.29) is 34.8 Å². The molecule has 0 aliphatic carbocycles. The van der Waals surface area contributed by atoms with Gasteiger partial charge in [0.1, 0.15) is 0 Å². The van der Waals surface area contributed by atoms with E-state index in [0.717, 1.165) is 0 Å². The lowest BCUT2D eigenvalue weighted by Crippen LogP contribution is -2.13. The highest BCUT2D eigenvalue weighted by molar-refractivity contribution is 6.42. The average Bonchev–Trinajstić information content (AvgIpc) is 2.67. The molecule has 0 saturated heterocycles. The van der Waals surface area contributed by atoms with Crippen molar-refractivity contribution in [2.75, 3.05) is 13.2 Å². The molecule has 0 bridgehead atoms. The van der Waals surface area contributed by atoms with Crippen molar-refractivity contribution in [2.45, 2.75) is 13.8 Å². The van der Waals surface area contributed by atoms with Gasteiger partial charge in [-0.15, -0.1) is 0 Å². The lowest BCUT2D eigenvalue weighted by Gasteiger charge is -2.17. The van der Waals surface area contributed by atoms with E-state index >= 15 is 0 Å². The van der Waals surface area contributed by atoms with Gasteiger partial charge in [0.2, 0.25) is 0 Å². The molecule has 8 heteroatoms. The number of rotatable bonds is 4. The van der Waals surface area contributed by atoms with Gasteiger partial charge in [-0.2, -0.15) is 0 Å². The third-order valence-corrected chi connectivity index (χ3v) is 4.50. The lowest BCUT2D eigenvalue weighted by molar-refractivity contribution is 0.103. The fraction of sp³-hybridized carbons (Fsp3) is 0.200. The maximum atomic E-state index is 12.0. The van der Waals surface area contributed by atoms with Crippen LogP contribution in [0.15, 0.2) is 36.4 Å². The minimum atomic E-state index is -0.885. The largest absolute Gasteiger partial charge is 0.513 e. The Labute approximate surface area is 170 Å². The first-order chi connectivity index (χ1) is 13.5.